The predicted molar refractivity (Wildman–Crippen MR) is 105 cm³/mol. The molecule has 4 aromatic heterocycles. The molecular formula is C19H20N8O. The monoisotopic (exact) mass is 376 g/mol. The van der Waals surface area contributed by atoms with Gasteiger partial charge in [-0.15, -0.1) is 0 Å². The minimum Gasteiger partial charge on any atom is -0.382 e. The third-order valence-electron chi connectivity index (χ3n) is 4.48. The molecule has 0 aliphatic rings. The first kappa shape index (κ1) is 17.7. The third-order valence-corrected chi connectivity index (χ3v) is 4.48. The van der Waals surface area contributed by atoms with Gasteiger partial charge in [0.1, 0.15) is 17.0 Å². The van der Waals surface area contributed by atoms with Crippen LogP contribution < -0.4 is 11.1 Å². The number of rotatable bonds is 5. The lowest BCUT2D eigenvalue weighted by molar-refractivity contribution is -0.119. The Morgan fingerprint density at radius 1 is 1.29 bits per heavy atom. The molecule has 0 aromatic carbocycles. The quantitative estimate of drug-likeness (QED) is 0.490. The van der Waals surface area contributed by atoms with Crippen LogP contribution >= 0.6 is 0 Å². The number of nitrogens with one attached hydrogen (secondary N) is 2. The Balaban J connectivity index is 1.49. The Kier molecular flexibility index (Phi) is 4.48. The van der Waals surface area contributed by atoms with E-state index in [0.717, 1.165) is 11.3 Å². The number of fused-ring (bicyclic) bond motifs is 1. The van der Waals surface area contributed by atoms with E-state index in [9.17, 15) is 4.79 Å². The van der Waals surface area contributed by atoms with Crippen molar-refractivity contribution in [3.05, 3.63) is 54.2 Å². The molecule has 28 heavy (non-hydrogen) atoms. The number of nitrogens with zero attached hydrogens (tertiary/aromatic N) is 5. The molecule has 0 saturated carbocycles. The average Bonchev–Trinajstić information content (AvgIpc) is 3.33. The first-order chi connectivity index (χ1) is 13.5. The summed E-state index contributed by atoms with van der Waals surface area (Å²) in [6.07, 6.45) is 5.99. The normalized spacial score (nSPS) is 12.2. The van der Waals surface area contributed by atoms with Gasteiger partial charge in [-0.3, -0.25) is 9.89 Å². The molecule has 9 heteroatoms. The first-order valence-corrected chi connectivity index (χ1v) is 8.88. The Morgan fingerprint density at radius 3 is 2.86 bits per heavy atom. The highest BCUT2D eigenvalue weighted by molar-refractivity contribution is 5.95. The zero-order valence-electron chi connectivity index (χ0n) is 15.5. The molecule has 0 aliphatic carbocycles. The number of carbonyl (C=O) groups excluding carboxylic acids is 1. The minimum atomic E-state index is -0.295. The summed E-state index contributed by atoms with van der Waals surface area (Å²) in [4.78, 5) is 25.9. The number of nitrogens with two attached hydrogens (primary N) is 1. The maximum Gasteiger partial charge on any atom is 0.227 e. The summed E-state index contributed by atoms with van der Waals surface area (Å²) >= 11 is 0. The summed E-state index contributed by atoms with van der Waals surface area (Å²) < 4.78 is 1.93. The van der Waals surface area contributed by atoms with Gasteiger partial charge in [-0.2, -0.15) is 5.10 Å². The highest BCUT2D eigenvalue weighted by atomic mass is 16.1. The molecule has 4 aromatic rings. The van der Waals surface area contributed by atoms with Crippen LogP contribution in [0.5, 0.6) is 0 Å². The number of pyridine rings is 1. The number of hydrogen-bond acceptors (Lipinski definition) is 6. The fourth-order valence-electron chi connectivity index (χ4n) is 2.99. The highest BCUT2D eigenvalue weighted by Crippen LogP contribution is 2.24. The van der Waals surface area contributed by atoms with E-state index in [1.165, 1.54) is 0 Å². The smallest absolute Gasteiger partial charge is 0.227 e. The van der Waals surface area contributed by atoms with Crippen molar-refractivity contribution in [3.8, 4) is 11.5 Å². The largest absolute Gasteiger partial charge is 0.382 e. The van der Waals surface area contributed by atoms with Gasteiger partial charge in [0.2, 0.25) is 5.91 Å². The SMILES string of the molecule is Cc1nc(-c2ccn[nH]2)nc(N)c1NC(=O)C(C)Cc1cn2ccccc2n1. The number of nitrogen functional groups attached to an aromatic ring is 1. The topological polar surface area (TPSA) is 127 Å². The average molecular weight is 376 g/mol. The second-order valence-electron chi connectivity index (χ2n) is 6.66. The van der Waals surface area contributed by atoms with E-state index in [0.29, 0.717) is 29.3 Å². The van der Waals surface area contributed by atoms with E-state index in [1.807, 2.05) is 41.9 Å². The van der Waals surface area contributed by atoms with E-state index >= 15 is 0 Å². The minimum absolute atomic E-state index is 0.162. The number of anilines is 2. The van der Waals surface area contributed by atoms with Crippen molar-refractivity contribution < 1.29 is 4.79 Å². The number of amides is 1. The molecular weight excluding hydrogens is 356 g/mol. The molecule has 4 N–H and O–H groups in total. The van der Waals surface area contributed by atoms with Crippen molar-refractivity contribution in [1.29, 1.82) is 0 Å². The molecule has 9 nitrogen and oxygen atoms in total. The molecule has 0 radical (unpaired) electrons. The van der Waals surface area contributed by atoms with Crippen LogP contribution in [-0.4, -0.2) is 35.5 Å². The Bertz CT molecular complexity index is 1080. The Morgan fingerprint density at radius 2 is 2.14 bits per heavy atom. The second-order valence-corrected chi connectivity index (χ2v) is 6.66. The standard InChI is InChI=1S/C19H20N8O/c1-11(9-13-10-27-8-4-3-5-15(27)23-13)19(28)24-16-12(2)22-18(25-17(16)20)14-6-7-21-26-14/h3-8,10-11H,9H2,1-2H3,(H,21,26)(H,24,28)(H2,20,22,25). The lowest BCUT2D eigenvalue weighted by Gasteiger charge is -2.14. The number of H-pyrrole nitrogens is 1. The van der Waals surface area contributed by atoms with Crippen LogP contribution in [-0.2, 0) is 11.2 Å². The van der Waals surface area contributed by atoms with Gasteiger partial charge in [-0.05, 0) is 25.1 Å². The maximum atomic E-state index is 12.7. The van der Waals surface area contributed by atoms with Crippen LogP contribution in [0.2, 0.25) is 0 Å². The van der Waals surface area contributed by atoms with Crippen LogP contribution in [0, 0.1) is 12.8 Å². The third kappa shape index (κ3) is 3.41. The van der Waals surface area contributed by atoms with Gasteiger partial charge < -0.3 is 15.5 Å². The van der Waals surface area contributed by atoms with Crippen molar-refractivity contribution in [2.24, 2.45) is 5.92 Å². The van der Waals surface area contributed by atoms with Crippen LogP contribution in [0.3, 0.4) is 0 Å². The number of hydrogen-bond donors (Lipinski definition) is 3. The van der Waals surface area contributed by atoms with Gasteiger partial charge in [-0.25, -0.2) is 15.0 Å². The second kappa shape index (κ2) is 7.10. The molecule has 1 unspecified atom stereocenters. The molecule has 1 atom stereocenters. The summed E-state index contributed by atoms with van der Waals surface area (Å²) in [5.41, 5.74) is 9.44. The lowest BCUT2D eigenvalue weighted by Crippen LogP contribution is -2.24. The number of aryl methyl sites for hydroxylation is 1. The van der Waals surface area contributed by atoms with Crippen molar-refractivity contribution in [1.82, 2.24) is 29.5 Å². The number of aromatic nitrogens is 6. The molecule has 0 saturated heterocycles. The van der Waals surface area contributed by atoms with Gasteiger partial charge in [0.05, 0.1) is 11.4 Å². The van der Waals surface area contributed by atoms with Gasteiger partial charge in [0.15, 0.2) is 11.6 Å². The molecule has 0 bridgehead atoms. The number of carbonyl (C=O) groups is 1. The number of imidazole rings is 1. The van der Waals surface area contributed by atoms with Crippen molar-refractivity contribution in [3.63, 3.8) is 0 Å². The van der Waals surface area contributed by atoms with Crippen LogP contribution in [0.1, 0.15) is 18.3 Å². The molecule has 0 aliphatic heterocycles. The predicted octanol–water partition coefficient (Wildman–Crippen LogP) is 2.22. The van der Waals surface area contributed by atoms with Crippen molar-refractivity contribution in [2.45, 2.75) is 20.3 Å². The fraction of sp³-hybridized carbons (Fsp3) is 0.211. The zero-order chi connectivity index (χ0) is 19.7. The maximum absolute atomic E-state index is 12.7. The van der Waals surface area contributed by atoms with E-state index in [2.05, 4.69) is 30.5 Å². The van der Waals surface area contributed by atoms with E-state index in [4.69, 9.17) is 5.73 Å². The summed E-state index contributed by atoms with van der Waals surface area (Å²) in [5.74, 6) is 0.189. The van der Waals surface area contributed by atoms with Gasteiger partial charge >= 0.3 is 0 Å². The molecule has 0 fully saturated rings. The first-order valence-electron chi connectivity index (χ1n) is 8.88. The zero-order valence-corrected chi connectivity index (χ0v) is 15.5. The molecule has 4 rings (SSSR count). The van der Waals surface area contributed by atoms with Crippen LogP contribution in [0.25, 0.3) is 17.2 Å². The summed E-state index contributed by atoms with van der Waals surface area (Å²) in [6, 6.07) is 7.55. The number of aromatic amines is 1. The summed E-state index contributed by atoms with van der Waals surface area (Å²) in [5, 5.41) is 9.54. The summed E-state index contributed by atoms with van der Waals surface area (Å²) in [6.45, 7) is 3.63. The van der Waals surface area contributed by atoms with Gasteiger partial charge in [0, 0.05) is 30.9 Å². The molecule has 4 heterocycles. The van der Waals surface area contributed by atoms with E-state index in [-0.39, 0.29) is 17.6 Å². The molecule has 0 spiro atoms. The van der Waals surface area contributed by atoms with Gasteiger partial charge in [-0.1, -0.05) is 13.0 Å². The molecule has 1 amide bonds. The van der Waals surface area contributed by atoms with Gasteiger partial charge in [0.25, 0.3) is 0 Å². The molecule has 142 valence electrons. The van der Waals surface area contributed by atoms with E-state index < -0.39 is 0 Å². The Hall–Kier alpha value is -3.75. The Labute approximate surface area is 161 Å². The highest BCUT2D eigenvalue weighted by Gasteiger charge is 2.19. The van der Waals surface area contributed by atoms with E-state index in [1.54, 1.807) is 19.2 Å². The van der Waals surface area contributed by atoms with Crippen LogP contribution in [0.15, 0.2) is 42.9 Å². The van der Waals surface area contributed by atoms with Crippen molar-refractivity contribution >= 4 is 23.1 Å². The lowest BCUT2D eigenvalue weighted by atomic mass is 10.1. The fourth-order valence-corrected chi connectivity index (χ4v) is 2.99. The summed E-state index contributed by atoms with van der Waals surface area (Å²) in [7, 11) is 0. The van der Waals surface area contributed by atoms with Crippen LogP contribution in [0.4, 0.5) is 11.5 Å². The van der Waals surface area contributed by atoms with Crippen molar-refractivity contribution in [2.75, 3.05) is 11.1 Å².